The van der Waals surface area contributed by atoms with Crippen molar-refractivity contribution >= 4 is 27.5 Å². The Hall–Kier alpha value is -2.46. The summed E-state index contributed by atoms with van der Waals surface area (Å²) in [6, 6.07) is 22.3. The molecule has 4 heteroatoms. The molecule has 0 unspecified atom stereocenters. The second-order valence-corrected chi connectivity index (χ2v) is 7.05. The van der Waals surface area contributed by atoms with Gasteiger partial charge in [0.25, 0.3) is 0 Å². The molecule has 0 fully saturated rings. The molecular formula is C21H18BrN3. The molecule has 0 amide bonds. The number of hydrogen-bond acceptors (Lipinski definition) is 2. The Morgan fingerprint density at radius 1 is 0.960 bits per heavy atom. The van der Waals surface area contributed by atoms with Crippen molar-refractivity contribution in [3.63, 3.8) is 0 Å². The summed E-state index contributed by atoms with van der Waals surface area (Å²) >= 11 is 3.47. The van der Waals surface area contributed by atoms with Crippen LogP contribution in [0.3, 0.4) is 0 Å². The molecule has 25 heavy (non-hydrogen) atoms. The molecule has 2 aromatic carbocycles. The van der Waals surface area contributed by atoms with Crippen molar-refractivity contribution in [3.8, 4) is 11.3 Å². The van der Waals surface area contributed by atoms with Crippen molar-refractivity contribution in [1.29, 1.82) is 5.41 Å². The number of anilines is 1. The molecule has 0 saturated heterocycles. The van der Waals surface area contributed by atoms with Crippen LogP contribution < -0.4 is 4.90 Å². The zero-order valence-corrected chi connectivity index (χ0v) is 15.3. The van der Waals surface area contributed by atoms with E-state index < -0.39 is 0 Å². The van der Waals surface area contributed by atoms with Crippen molar-refractivity contribution in [1.82, 2.24) is 4.98 Å². The number of nitrogens with zero attached hydrogens (tertiary/aromatic N) is 2. The van der Waals surface area contributed by atoms with Crippen LogP contribution in [0.15, 0.2) is 71.2 Å². The molecule has 0 saturated carbocycles. The Labute approximate surface area is 156 Å². The zero-order valence-electron chi connectivity index (χ0n) is 13.7. The number of halogens is 1. The molecule has 3 nitrogen and oxygen atoms in total. The van der Waals surface area contributed by atoms with Crippen molar-refractivity contribution in [3.05, 3.63) is 82.5 Å². The SMILES string of the molecule is N=C(c1ccccc1)N1CCCc2nc(-c3ccc(Br)cc3)ccc21. The minimum absolute atomic E-state index is 0.541. The number of amidine groups is 1. The van der Waals surface area contributed by atoms with E-state index in [4.69, 9.17) is 10.4 Å². The van der Waals surface area contributed by atoms with Crippen LogP contribution in [0.25, 0.3) is 11.3 Å². The van der Waals surface area contributed by atoms with Crippen LogP contribution in [0.1, 0.15) is 17.7 Å². The van der Waals surface area contributed by atoms with E-state index >= 15 is 0 Å². The van der Waals surface area contributed by atoms with Crippen LogP contribution in [0.4, 0.5) is 5.69 Å². The first-order valence-corrected chi connectivity index (χ1v) is 9.19. The van der Waals surface area contributed by atoms with E-state index in [0.29, 0.717) is 5.84 Å². The first kappa shape index (κ1) is 16.0. The normalized spacial score (nSPS) is 13.4. The highest BCUT2D eigenvalue weighted by molar-refractivity contribution is 9.10. The number of fused-ring (bicyclic) bond motifs is 1. The van der Waals surface area contributed by atoms with Gasteiger partial charge in [0.05, 0.1) is 17.1 Å². The molecule has 1 aromatic heterocycles. The quantitative estimate of drug-likeness (QED) is 0.476. The predicted octanol–water partition coefficient (Wildman–Crippen LogP) is 5.29. The van der Waals surface area contributed by atoms with Gasteiger partial charge in [0.2, 0.25) is 0 Å². The molecule has 0 spiro atoms. The van der Waals surface area contributed by atoms with E-state index in [1.54, 1.807) is 0 Å². The monoisotopic (exact) mass is 391 g/mol. The number of benzene rings is 2. The number of aromatic nitrogens is 1. The van der Waals surface area contributed by atoms with Gasteiger partial charge in [-0.1, -0.05) is 58.4 Å². The van der Waals surface area contributed by atoms with Gasteiger partial charge in [0, 0.05) is 22.1 Å². The van der Waals surface area contributed by atoms with Crippen LogP contribution in [0, 0.1) is 5.41 Å². The first-order valence-electron chi connectivity index (χ1n) is 8.40. The highest BCUT2D eigenvalue weighted by Crippen LogP contribution is 2.30. The number of nitrogens with one attached hydrogen (secondary N) is 1. The standard InChI is InChI=1S/C21H18BrN3/c22-17-10-8-15(9-11-17)18-12-13-20-19(24-18)7-4-14-25(20)21(23)16-5-2-1-3-6-16/h1-3,5-6,8-13,23H,4,7,14H2. The second kappa shape index (κ2) is 6.81. The Morgan fingerprint density at radius 2 is 1.72 bits per heavy atom. The Bertz CT molecular complexity index is 904. The molecule has 0 aliphatic carbocycles. The lowest BCUT2D eigenvalue weighted by Gasteiger charge is -2.31. The number of rotatable bonds is 2. The molecular weight excluding hydrogens is 374 g/mol. The minimum atomic E-state index is 0.541. The maximum absolute atomic E-state index is 8.59. The van der Waals surface area contributed by atoms with Crippen molar-refractivity contribution in [2.75, 3.05) is 11.4 Å². The maximum atomic E-state index is 8.59. The lowest BCUT2D eigenvalue weighted by atomic mass is 10.0. The number of pyridine rings is 1. The van der Waals surface area contributed by atoms with Gasteiger partial charge in [-0.3, -0.25) is 10.4 Å². The molecule has 1 aliphatic heterocycles. The Morgan fingerprint density at radius 3 is 2.48 bits per heavy atom. The average Bonchev–Trinajstić information content (AvgIpc) is 2.68. The van der Waals surface area contributed by atoms with Crippen LogP contribution in [0.2, 0.25) is 0 Å². The third-order valence-corrected chi connectivity index (χ3v) is 5.02. The van der Waals surface area contributed by atoms with Gasteiger partial charge >= 0.3 is 0 Å². The van der Waals surface area contributed by atoms with E-state index in [1.807, 2.05) is 42.5 Å². The topological polar surface area (TPSA) is 40.0 Å². The fourth-order valence-electron chi connectivity index (χ4n) is 3.21. The maximum Gasteiger partial charge on any atom is 0.132 e. The second-order valence-electron chi connectivity index (χ2n) is 6.14. The van der Waals surface area contributed by atoms with E-state index in [-0.39, 0.29) is 0 Å². The summed E-state index contributed by atoms with van der Waals surface area (Å²) in [7, 11) is 0. The van der Waals surface area contributed by atoms with E-state index in [2.05, 4.69) is 45.1 Å². The van der Waals surface area contributed by atoms with Gasteiger partial charge in [-0.05, 0) is 37.1 Å². The summed E-state index contributed by atoms with van der Waals surface area (Å²) < 4.78 is 1.07. The average molecular weight is 392 g/mol. The summed E-state index contributed by atoms with van der Waals surface area (Å²) in [6.45, 7) is 0.861. The van der Waals surface area contributed by atoms with E-state index in [9.17, 15) is 0 Å². The van der Waals surface area contributed by atoms with Crippen molar-refractivity contribution < 1.29 is 0 Å². The molecule has 124 valence electrons. The molecule has 0 radical (unpaired) electrons. The molecule has 2 heterocycles. The summed E-state index contributed by atoms with van der Waals surface area (Å²) in [5, 5.41) is 8.59. The molecule has 0 bridgehead atoms. The summed E-state index contributed by atoms with van der Waals surface area (Å²) in [6.07, 6.45) is 1.97. The molecule has 1 aliphatic rings. The fraction of sp³-hybridized carbons (Fsp3) is 0.143. The van der Waals surface area contributed by atoms with Gasteiger partial charge < -0.3 is 4.90 Å². The van der Waals surface area contributed by atoms with Gasteiger partial charge in [-0.15, -0.1) is 0 Å². The Balaban J connectivity index is 1.68. The lowest BCUT2D eigenvalue weighted by molar-refractivity contribution is 0.754. The van der Waals surface area contributed by atoms with Crippen LogP contribution in [-0.2, 0) is 6.42 Å². The molecule has 1 N–H and O–H groups in total. The van der Waals surface area contributed by atoms with E-state index in [1.165, 1.54) is 0 Å². The summed E-state index contributed by atoms with van der Waals surface area (Å²) in [4.78, 5) is 6.96. The zero-order chi connectivity index (χ0) is 17.2. The third-order valence-electron chi connectivity index (χ3n) is 4.49. The minimum Gasteiger partial charge on any atom is -0.325 e. The van der Waals surface area contributed by atoms with Gasteiger partial charge in [-0.2, -0.15) is 0 Å². The lowest BCUT2D eigenvalue weighted by Crippen LogP contribution is -2.35. The first-order chi connectivity index (χ1) is 12.2. The smallest absolute Gasteiger partial charge is 0.132 e. The largest absolute Gasteiger partial charge is 0.325 e. The van der Waals surface area contributed by atoms with Crippen LogP contribution >= 0.6 is 15.9 Å². The Kier molecular flexibility index (Phi) is 4.36. The van der Waals surface area contributed by atoms with Crippen LogP contribution in [-0.4, -0.2) is 17.4 Å². The molecule has 4 rings (SSSR count). The predicted molar refractivity (Wildman–Crippen MR) is 106 cm³/mol. The summed E-state index contributed by atoms with van der Waals surface area (Å²) in [5.74, 6) is 0.541. The fourth-order valence-corrected chi connectivity index (χ4v) is 3.48. The van der Waals surface area contributed by atoms with E-state index in [0.717, 1.165) is 52.1 Å². The third kappa shape index (κ3) is 3.22. The highest BCUT2D eigenvalue weighted by atomic mass is 79.9. The molecule has 0 atom stereocenters. The van der Waals surface area contributed by atoms with Gasteiger partial charge in [0.15, 0.2) is 0 Å². The van der Waals surface area contributed by atoms with Crippen molar-refractivity contribution in [2.45, 2.75) is 12.8 Å². The number of aryl methyl sites for hydroxylation is 1. The van der Waals surface area contributed by atoms with Gasteiger partial charge in [-0.25, -0.2) is 0 Å². The number of hydrogen-bond donors (Lipinski definition) is 1. The van der Waals surface area contributed by atoms with Crippen molar-refractivity contribution in [2.24, 2.45) is 0 Å². The summed E-state index contributed by atoms with van der Waals surface area (Å²) in [5.41, 5.74) is 5.17. The van der Waals surface area contributed by atoms with Crippen LogP contribution in [0.5, 0.6) is 0 Å². The van der Waals surface area contributed by atoms with Gasteiger partial charge in [0.1, 0.15) is 5.84 Å². The molecule has 3 aromatic rings. The highest BCUT2D eigenvalue weighted by Gasteiger charge is 2.22.